The van der Waals surface area contributed by atoms with Crippen molar-refractivity contribution in [2.24, 2.45) is 5.84 Å². The van der Waals surface area contributed by atoms with Gasteiger partial charge in [0.05, 0.1) is 25.9 Å². The van der Waals surface area contributed by atoms with E-state index in [0.717, 1.165) is 31.0 Å². The van der Waals surface area contributed by atoms with Crippen molar-refractivity contribution in [1.82, 2.24) is 10.3 Å². The Labute approximate surface area is 121 Å². The molecule has 1 aromatic rings. The Morgan fingerprint density at radius 1 is 1.35 bits per heavy atom. The third kappa shape index (κ3) is 3.49. The zero-order chi connectivity index (χ0) is 14.5. The van der Waals surface area contributed by atoms with Gasteiger partial charge >= 0.3 is 0 Å². The topological polar surface area (TPSA) is 59.8 Å². The molecule has 2 rings (SSSR count). The van der Waals surface area contributed by atoms with Gasteiger partial charge in [-0.1, -0.05) is 12.1 Å². The quantitative estimate of drug-likeness (QED) is 0.628. The van der Waals surface area contributed by atoms with Crippen molar-refractivity contribution in [3.63, 3.8) is 0 Å². The monoisotopic (exact) mass is 279 g/mol. The predicted molar refractivity (Wildman–Crippen MR) is 79.5 cm³/mol. The molecule has 5 nitrogen and oxygen atoms in total. The van der Waals surface area contributed by atoms with E-state index in [1.54, 1.807) is 7.11 Å². The van der Waals surface area contributed by atoms with E-state index in [2.05, 4.69) is 24.2 Å². The molecule has 1 heterocycles. The van der Waals surface area contributed by atoms with Crippen molar-refractivity contribution in [2.45, 2.75) is 32.0 Å². The number of morpholine rings is 1. The number of nitrogens with zero attached hydrogens (tertiary/aromatic N) is 1. The van der Waals surface area contributed by atoms with E-state index < -0.39 is 0 Å². The lowest BCUT2D eigenvalue weighted by molar-refractivity contribution is -0.0561. The van der Waals surface area contributed by atoms with Gasteiger partial charge in [0.15, 0.2) is 0 Å². The number of ether oxygens (including phenoxy) is 2. The number of hydrogen-bond donors (Lipinski definition) is 2. The van der Waals surface area contributed by atoms with Crippen LogP contribution < -0.4 is 16.0 Å². The molecule has 0 radical (unpaired) electrons. The standard InChI is InChI=1S/C15H25N3O2/c1-11(2)18-8-9-20-14(10-18)15(17-16)12-4-6-13(19-3)7-5-12/h4-7,11,14-15,17H,8-10,16H2,1-3H3. The highest BCUT2D eigenvalue weighted by atomic mass is 16.5. The Hall–Kier alpha value is -1.14. The maximum Gasteiger partial charge on any atom is 0.118 e. The van der Waals surface area contributed by atoms with Crippen LogP contribution in [0, 0.1) is 0 Å². The lowest BCUT2D eigenvalue weighted by atomic mass is 10.00. The van der Waals surface area contributed by atoms with E-state index in [1.807, 2.05) is 24.3 Å². The number of nitrogens with two attached hydrogens (primary N) is 1. The first-order valence-corrected chi connectivity index (χ1v) is 7.11. The third-order valence-electron chi connectivity index (χ3n) is 3.88. The van der Waals surface area contributed by atoms with Crippen LogP contribution in [0.4, 0.5) is 0 Å². The highest BCUT2D eigenvalue weighted by molar-refractivity contribution is 5.29. The molecular weight excluding hydrogens is 254 g/mol. The molecule has 1 aromatic carbocycles. The molecule has 0 spiro atoms. The third-order valence-corrected chi connectivity index (χ3v) is 3.88. The maximum absolute atomic E-state index is 5.91. The molecule has 1 fully saturated rings. The summed E-state index contributed by atoms with van der Waals surface area (Å²) in [5.41, 5.74) is 4.01. The average Bonchev–Trinajstić information content (AvgIpc) is 2.49. The Morgan fingerprint density at radius 2 is 2.05 bits per heavy atom. The Balaban J connectivity index is 2.10. The Morgan fingerprint density at radius 3 is 2.60 bits per heavy atom. The van der Waals surface area contributed by atoms with Crippen molar-refractivity contribution in [2.75, 3.05) is 26.8 Å². The smallest absolute Gasteiger partial charge is 0.118 e. The molecule has 1 aliphatic rings. The lowest BCUT2D eigenvalue weighted by Crippen LogP contribution is -2.51. The summed E-state index contributed by atoms with van der Waals surface area (Å²) in [6.45, 7) is 7.03. The minimum absolute atomic E-state index is 0.0116. The predicted octanol–water partition coefficient (Wildman–Crippen LogP) is 1.31. The number of hydrazine groups is 1. The number of methoxy groups -OCH3 is 1. The summed E-state index contributed by atoms with van der Waals surface area (Å²) in [4.78, 5) is 2.42. The number of rotatable bonds is 5. The van der Waals surface area contributed by atoms with Crippen molar-refractivity contribution in [1.29, 1.82) is 0 Å². The van der Waals surface area contributed by atoms with Crippen molar-refractivity contribution in [3.8, 4) is 5.75 Å². The van der Waals surface area contributed by atoms with Crippen molar-refractivity contribution in [3.05, 3.63) is 29.8 Å². The van der Waals surface area contributed by atoms with Gasteiger partial charge in [-0.3, -0.25) is 16.2 Å². The van der Waals surface area contributed by atoms with Gasteiger partial charge in [-0.25, -0.2) is 0 Å². The number of nitrogens with one attached hydrogen (secondary N) is 1. The SMILES string of the molecule is COc1ccc(C(NN)C2CN(C(C)C)CCO2)cc1. The fourth-order valence-electron chi connectivity index (χ4n) is 2.60. The van der Waals surface area contributed by atoms with Gasteiger partial charge in [0.2, 0.25) is 0 Å². The van der Waals surface area contributed by atoms with E-state index >= 15 is 0 Å². The minimum Gasteiger partial charge on any atom is -0.497 e. The van der Waals surface area contributed by atoms with E-state index in [0.29, 0.717) is 6.04 Å². The van der Waals surface area contributed by atoms with Crippen LogP contribution in [-0.4, -0.2) is 43.9 Å². The molecule has 0 aliphatic carbocycles. The Bertz CT molecular complexity index is 408. The molecule has 5 heteroatoms. The van der Waals surface area contributed by atoms with E-state index in [-0.39, 0.29) is 12.1 Å². The van der Waals surface area contributed by atoms with Crippen LogP contribution in [0.3, 0.4) is 0 Å². The van der Waals surface area contributed by atoms with Gasteiger partial charge in [0.1, 0.15) is 5.75 Å². The number of hydrogen-bond acceptors (Lipinski definition) is 5. The lowest BCUT2D eigenvalue weighted by Gasteiger charge is -2.38. The van der Waals surface area contributed by atoms with Gasteiger partial charge in [-0.05, 0) is 31.5 Å². The van der Waals surface area contributed by atoms with Gasteiger partial charge in [0, 0.05) is 19.1 Å². The second-order valence-electron chi connectivity index (χ2n) is 5.42. The highest BCUT2D eigenvalue weighted by Gasteiger charge is 2.29. The van der Waals surface area contributed by atoms with Gasteiger partial charge in [0.25, 0.3) is 0 Å². The largest absolute Gasteiger partial charge is 0.497 e. The Kier molecular flexibility index (Phi) is 5.37. The van der Waals surface area contributed by atoms with Crippen LogP contribution in [0.1, 0.15) is 25.5 Å². The molecule has 3 N–H and O–H groups in total. The maximum atomic E-state index is 5.91. The summed E-state index contributed by atoms with van der Waals surface area (Å²) in [7, 11) is 1.67. The first kappa shape index (κ1) is 15.3. The summed E-state index contributed by atoms with van der Waals surface area (Å²) in [6, 6.07) is 8.46. The van der Waals surface area contributed by atoms with E-state index in [1.165, 1.54) is 0 Å². The molecule has 1 saturated heterocycles. The van der Waals surface area contributed by atoms with E-state index in [4.69, 9.17) is 15.3 Å². The van der Waals surface area contributed by atoms with Crippen molar-refractivity contribution >= 4 is 0 Å². The summed E-state index contributed by atoms with van der Waals surface area (Å²) in [5.74, 6) is 6.59. The summed E-state index contributed by atoms with van der Waals surface area (Å²) in [6.07, 6.45) is 0.0598. The van der Waals surface area contributed by atoms with E-state index in [9.17, 15) is 0 Å². The summed E-state index contributed by atoms with van der Waals surface area (Å²) < 4.78 is 11.1. The van der Waals surface area contributed by atoms with Gasteiger partial charge < -0.3 is 9.47 Å². The molecule has 112 valence electrons. The molecule has 2 unspecified atom stereocenters. The molecular formula is C15H25N3O2. The van der Waals surface area contributed by atoms with Crippen molar-refractivity contribution < 1.29 is 9.47 Å². The first-order valence-electron chi connectivity index (χ1n) is 7.11. The van der Waals surface area contributed by atoms with Crippen LogP contribution >= 0.6 is 0 Å². The van der Waals surface area contributed by atoms with Crippen LogP contribution in [-0.2, 0) is 4.74 Å². The number of benzene rings is 1. The highest BCUT2D eigenvalue weighted by Crippen LogP contribution is 2.24. The molecule has 2 atom stereocenters. The normalized spacial score (nSPS) is 21.9. The van der Waals surface area contributed by atoms with Crippen LogP contribution in [0.2, 0.25) is 0 Å². The molecule has 0 bridgehead atoms. The molecule has 1 aliphatic heterocycles. The molecule has 0 amide bonds. The second kappa shape index (κ2) is 7.04. The second-order valence-corrected chi connectivity index (χ2v) is 5.42. The zero-order valence-electron chi connectivity index (χ0n) is 12.5. The summed E-state index contributed by atoms with van der Waals surface area (Å²) in [5, 5.41) is 0. The fraction of sp³-hybridized carbons (Fsp3) is 0.600. The first-order chi connectivity index (χ1) is 9.65. The van der Waals surface area contributed by atoms with Crippen LogP contribution in [0.15, 0.2) is 24.3 Å². The minimum atomic E-state index is -0.0116. The average molecular weight is 279 g/mol. The molecule has 20 heavy (non-hydrogen) atoms. The van der Waals surface area contributed by atoms with Gasteiger partial charge in [-0.2, -0.15) is 0 Å². The molecule has 0 saturated carbocycles. The molecule has 0 aromatic heterocycles. The zero-order valence-corrected chi connectivity index (χ0v) is 12.5. The van der Waals surface area contributed by atoms with Gasteiger partial charge in [-0.15, -0.1) is 0 Å². The fourth-order valence-corrected chi connectivity index (χ4v) is 2.60. The van der Waals surface area contributed by atoms with Crippen LogP contribution in [0.25, 0.3) is 0 Å². The van der Waals surface area contributed by atoms with Crippen LogP contribution in [0.5, 0.6) is 5.75 Å². The summed E-state index contributed by atoms with van der Waals surface area (Å²) >= 11 is 0.